The SMILES string of the molecule is COCC[C@@H](NC(=O)Nc1cc(N)c(C(=N)OC2CCOC2)cn1)c1ccccc1. The number of nitrogens with two attached hydrogens (primary N) is 1. The third-order valence-corrected chi connectivity index (χ3v) is 4.71. The highest BCUT2D eigenvalue weighted by Crippen LogP contribution is 2.20. The van der Waals surface area contributed by atoms with Crippen LogP contribution in [-0.2, 0) is 14.2 Å². The van der Waals surface area contributed by atoms with Crippen molar-refractivity contribution in [3.8, 4) is 0 Å². The predicted molar refractivity (Wildman–Crippen MR) is 114 cm³/mol. The van der Waals surface area contributed by atoms with Gasteiger partial charge >= 0.3 is 6.03 Å². The molecule has 2 amide bonds. The van der Waals surface area contributed by atoms with Crippen LogP contribution in [0.4, 0.5) is 16.3 Å². The van der Waals surface area contributed by atoms with E-state index in [9.17, 15) is 4.79 Å². The summed E-state index contributed by atoms with van der Waals surface area (Å²) in [4.78, 5) is 16.7. The van der Waals surface area contributed by atoms with Crippen LogP contribution in [0.2, 0.25) is 0 Å². The van der Waals surface area contributed by atoms with Crippen molar-refractivity contribution in [2.75, 3.05) is 38.0 Å². The molecule has 3 rings (SSSR count). The quantitative estimate of drug-likeness (QED) is 0.389. The molecular weight excluding hydrogens is 386 g/mol. The molecule has 2 heterocycles. The van der Waals surface area contributed by atoms with Gasteiger partial charge in [0.1, 0.15) is 11.9 Å². The molecule has 1 unspecified atom stereocenters. The first-order valence-corrected chi connectivity index (χ1v) is 9.77. The average molecular weight is 413 g/mol. The molecule has 1 saturated heterocycles. The number of nitrogens with zero attached hydrogens (tertiary/aromatic N) is 1. The van der Waals surface area contributed by atoms with Crippen molar-refractivity contribution in [1.29, 1.82) is 5.41 Å². The van der Waals surface area contributed by atoms with Crippen LogP contribution in [0.25, 0.3) is 0 Å². The fraction of sp³-hybridized carbons (Fsp3) is 0.381. The average Bonchev–Trinajstić information content (AvgIpc) is 3.24. The number of rotatable bonds is 8. The van der Waals surface area contributed by atoms with Gasteiger partial charge in [-0.25, -0.2) is 9.78 Å². The van der Waals surface area contributed by atoms with Crippen molar-refractivity contribution in [3.63, 3.8) is 0 Å². The van der Waals surface area contributed by atoms with Crippen LogP contribution >= 0.6 is 0 Å². The highest BCUT2D eigenvalue weighted by atomic mass is 16.5. The molecule has 1 aliphatic rings. The molecule has 160 valence electrons. The first-order chi connectivity index (χ1) is 14.6. The van der Waals surface area contributed by atoms with Gasteiger partial charge in [0.05, 0.1) is 24.8 Å². The number of nitrogens with one attached hydrogen (secondary N) is 3. The number of amides is 2. The number of anilines is 2. The maximum Gasteiger partial charge on any atom is 0.320 e. The number of hydrogen-bond acceptors (Lipinski definition) is 7. The highest BCUT2D eigenvalue weighted by Gasteiger charge is 2.21. The van der Waals surface area contributed by atoms with E-state index in [1.807, 2.05) is 30.3 Å². The van der Waals surface area contributed by atoms with E-state index in [-0.39, 0.29) is 23.9 Å². The fourth-order valence-corrected chi connectivity index (χ4v) is 3.12. The molecule has 9 nitrogen and oxygen atoms in total. The molecule has 0 bridgehead atoms. The summed E-state index contributed by atoms with van der Waals surface area (Å²) in [5.41, 5.74) is 7.70. The summed E-state index contributed by atoms with van der Waals surface area (Å²) in [7, 11) is 1.62. The summed E-state index contributed by atoms with van der Waals surface area (Å²) in [5, 5.41) is 13.7. The standard InChI is InChI=1S/C21H27N5O4/c1-28-9-8-18(14-5-3-2-4-6-14)25-21(27)26-19-11-17(22)16(12-24-19)20(23)30-15-7-10-29-13-15/h2-6,11-12,15,18,23H,7-10,13H2,1H3,(H4,22,24,25,26,27)/t15?,18-/m1/s1. The van der Waals surface area contributed by atoms with E-state index in [4.69, 9.17) is 25.4 Å². The van der Waals surface area contributed by atoms with Crippen molar-refractivity contribution >= 4 is 23.4 Å². The van der Waals surface area contributed by atoms with E-state index in [0.717, 1.165) is 12.0 Å². The van der Waals surface area contributed by atoms with Gasteiger partial charge in [0, 0.05) is 38.1 Å². The zero-order valence-corrected chi connectivity index (χ0v) is 16.9. The summed E-state index contributed by atoms with van der Waals surface area (Å²) < 4.78 is 16.0. The lowest BCUT2D eigenvalue weighted by Crippen LogP contribution is -2.33. The Morgan fingerprint density at radius 3 is 2.87 bits per heavy atom. The van der Waals surface area contributed by atoms with Crippen LogP contribution in [0.5, 0.6) is 0 Å². The zero-order valence-electron chi connectivity index (χ0n) is 16.9. The molecule has 1 fully saturated rings. The number of hydrogen-bond donors (Lipinski definition) is 4. The molecule has 2 aromatic rings. The van der Waals surface area contributed by atoms with Gasteiger partial charge in [-0.3, -0.25) is 10.7 Å². The maximum atomic E-state index is 12.5. The number of carbonyl (C=O) groups excluding carboxylic acids is 1. The van der Waals surface area contributed by atoms with Crippen LogP contribution in [0.1, 0.15) is 30.0 Å². The molecule has 1 aromatic carbocycles. The van der Waals surface area contributed by atoms with E-state index in [1.165, 1.54) is 12.3 Å². The molecule has 0 saturated carbocycles. The third kappa shape index (κ3) is 5.91. The van der Waals surface area contributed by atoms with E-state index >= 15 is 0 Å². The smallest absolute Gasteiger partial charge is 0.320 e. The molecule has 1 aromatic heterocycles. The van der Waals surface area contributed by atoms with Gasteiger partial charge in [-0.15, -0.1) is 0 Å². The summed E-state index contributed by atoms with van der Waals surface area (Å²) in [6.07, 6.45) is 2.63. The molecule has 0 radical (unpaired) electrons. The van der Waals surface area contributed by atoms with Gasteiger partial charge in [0.2, 0.25) is 5.90 Å². The molecule has 5 N–H and O–H groups in total. The molecule has 30 heavy (non-hydrogen) atoms. The summed E-state index contributed by atoms with van der Waals surface area (Å²) >= 11 is 0. The first-order valence-electron chi connectivity index (χ1n) is 9.77. The van der Waals surface area contributed by atoms with E-state index < -0.39 is 6.03 Å². The van der Waals surface area contributed by atoms with Crippen LogP contribution < -0.4 is 16.4 Å². The normalized spacial score (nSPS) is 16.6. The number of aromatic nitrogens is 1. The summed E-state index contributed by atoms with van der Waals surface area (Å²) in [6.45, 7) is 1.59. The van der Waals surface area contributed by atoms with Crippen LogP contribution in [0, 0.1) is 5.41 Å². The Hall–Kier alpha value is -3.17. The maximum absolute atomic E-state index is 12.5. The Morgan fingerprint density at radius 2 is 2.20 bits per heavy atom. The Bertz CT molecular complexity index is 856. The fourth-order valence-electron chi connectivity index (χ4n) is 3.12. The Labute approximate surface area is 175 Å². The highest BCUT2D eigenvalue weighted by molar-refractivity contribution is 5.98. The monoisotopic (exact) mass is 413 g/mol. The number of methoxy groups -OCH3 is 1. The minimum atomic E-state index is -0.408. The predicted octanol–water partition coefficient (Wildman–Crippen LogP) is 2.69. The number of urea groups is 1. The zero-order chi connectivity index (χ0) is 21.3. The second-order valence-corrected chi connectivity index (χ2v) is 6.93. The van der Waals surface area contributed by atoms with Gasteiger partial charge < -0.3 is 25.3 Å². The van der Waals surface area contributed by atoms with Crippen molar-refractivity contribution in [1.82, 2.24) is 10.3 Å². The van der Waals surface area contributed by atoms with Crippen molar-refractivity contribution in [2.45, 2.75) is 25.0 Å². The topological polar surface area (TPSA) is 132 Å². The van der Waals surface area contributed by atoms with E-state index in [1.54, 1.807) is 7.11 Å². The number of nitrogen functional groups attached to an aromatic ring is 1. The molecule has 0 spiro atoms. The molecule has 9 heteroatoms. The van der Waals surface area contributed by atoms with Crippen molar-refractivity contribution < 1.29 is 19.0 Å². The number of carbonyl (C=O) groups is 1. The summed E-state index contributed by atoms with van der Waals surface area (Å²) in [6, 6.07) is 10.6. The minimum Gasteiger partial charge on any atom is -0.472 e. The molecule has 1 aliphatic heterocycles. The number of benzene rings is 1. The van der Waals surface area contributed by atoms with Gasteiger partial charge in [-0.2, -0.15) is 0 Å². The Kier molecular flexibility index (Phi) is 7.58. The lowest BCUT2D eigenvalue weighted by molar-refractivity contribution is 0.134. The van der Waals surface area contributed by atoms with E-state index in [2.05, 4.69) is 15.6 Å². The van der Waals surface area contributed by atoms with Gasteiger partial charge in [0.15, 0.2) is 0 Å². The number of pyridine rings is 1. The van der Waals surface area contributed by atoms with E-state index in [0.29, 0.717) is 37.5 Å². The molecule has 0 aliphatic carbocycles. The lowest BCUT2D eigenvalue weighted by atomic mass is 10.0. The molecular formula is C21H27N5O4. The van der Waals surface area contributed by atoms with Gasteiger partial charge in [-0.05, 0) is 12.0 Å². The number of ether oxygens (including phenoxy) is 3. The Balaban J connectivity index is 1.61. The van der Waals surface area contributed by atoms with Crippen LogP contribution in [-0.4, -0.2) is 49.9 Å². The largest absolute Gasteiger partial charge is 0.472 e. The second kappa shape index (κ2) is 10.6. The molecule has 2 atom stereocenters. The van der Waals surface area contributed by atoms with Gasteiger partial charge in [0.25, 0.3) is 0 Å². The van der Waals surface area contributed by atoms with Crippen LogP contribution in [0.3, 0.4) is 0 Å². The van der Waals surface area contributed by atoms with Crippen LogP contribution in [0.15, 0.2) is 42.6 Å². The lowest BCUT2D eigenvalue weighted by Gasteiger charge is -2.19. The van der Waals surface area contributed by atoms with Crippen molar-refractivity contribution in [3.05, 3.63) is 53.7 Å². The summed E-state index contributed by atoms with van der Waals surface area (Å²) in [5.74, 6) is 0.222. The minimum absolute atomic E-state index is 0.0600. The van der Waals surface area contributed by atoms with Crippen molar-refractivity contribution in [2.24, 2.45) is 0 Å². The second-order valence-electron chi connectivity index (χ2n) is 6.93. The first kappa shape index (κ1) is 21.5. The van der Waals surface area contributed by atoms with Gasteiger partial charge in [-0.1, -0.05) is 30.3 Å². The Morgan fingerprint density at radius 1 is 1.40 bits per heavy atom. The third-order valence-electron chi connectivity index (χ3n) is 4.71.